The predicted molar refractivity (Wildman–Crippen MR) is 58.5 cm³/mol. The summed E-state index contributed by atoms with van der Waals surface area (Å²) in [6.45, 7) is 2.02. The lowest BCUT2D eigenvalue weighted by molar-refractivity contribution is 0.414. The minimum Gasteiger partial charge on any atom is -0.497 e. The van der Waals surface area contributed by atoms with Gasteiger partial charge in [0, 0.05) is 4.90 Å². The average Bonchev–Trinajstić information content (AvgIpc) is 2.26. The predicted octanol–water partition coefficient (Wildman–Crippen LogP) is 3.09. The monoisotopic (exact) mass is 207 g/mol. The van der Waals surface area contributed by atoms with E-state index in [0.717, 1.165) is 17.1 Å². The minimum absolute atomic E-state index is 0.0448. The molecule has 0 radical (unpaired) electrons. The van der Waals surface area contributed by atoms with E-state index < -0.39 is 0 Å². The lowest BCUT2D eigenvalue weighted by atomic mass is 10.3. The molecule has 0 aliphatic rings. The molecule has 1 unspecified atom stereocenters. The Hall–Kier alpha value is -1.14. The van der Waals surface area contributed by atoms with Crippen LogP contribution in [0.2, 0.25) is 0 Å². The Morgan fingerprint density at radius 3 is 2.50 bits per heavy atom. The highest BCUT2D eigenvalue weighted by atomic mass is 32.2. The topological polar surface area (TPSA) is 33.0 Å². The second-order valence-electron chi connectivity index (χ2n) is 2.82. The molecule has 0 aliphatic heterocycles. The molecule has 1 aromatic carbocycles. The van der Waals surface area contributed by atoms with Crippen LogP contribution in [-0.2, 0) is 0 Å². The highest BCUT2D eigenvalue weighted by Crippen LogP contribution is 2.26. The van der Waals surface area contributed by atoms with Crippen LogP contribution in [0.15, 0.2) is 29.2 Å². The molecular weight excluding hydrogens is 194 g/mol. The third-order valence-electron chi connectivity index (χ3n) is 1.85. The Kier molecular flexibility index (Phi) is 4.34. The Morgan fingerprint density at radius 2 is 2.07 bits per heavy atom. The number of hydrogen-bond acceptors (Lipinski definition) is 3. The molecule has 0 saturated heterocycles. The minimum atomic E-state index is 0.0448. The van der Waals surface area contributed by atoms with Gasteiger partial charge in [-0.25, -0.2) is 0 Å². The summed E-state index contributed by atoms with van der Waals surface area (Å²) in [5, 5.41) is 8.84. The standard InChI is InChI=1S/C11H13NOS/c1-3-10(8-12)14-11-6-4-9(13-2)5-7-11/h4-7,10H,3H2,1-2H3. The van der Waals surface area contributed by atoms with Gasteiger partial charge in [0.15, 0.2) is 0 Å². The quantitative estimate of drug-likeness (QED) is 0.711. The fourth-order valence-corrected chi connectivity index (χ4v) is 1.86. The summed E-state index contributed by atoms with van der Waals surface area (Å²) in [4.78, 5) is 1.11. The van der Waals surface area contributed by atoms with E-state index in [4.69, 9.17) is 10.00 Å². The van der Waals surface area contributed by atoms with Crippen LogP contribution in [0.1, 0.15) is 13.3 Å². The summed E-state index contributed by atoms with van der Waals surface area (Å²) in [7, 11) is 1.65. The van der Waals surface area contributed by atoms with Gasteiger partial charge in [-0.2, -0.15) is 5.26 Å². The summed E-state index contributed by atoms with van der Waals surface area (Å²) in [5.74, 6) is 0.847. The first-order valence-electron chi connectivity index (χ1n) is 4.50. The van der Waals surface area contributed by atoms with Gasteiger partial charge in [0.2, 0.25) is 0 Å². The molecule has 1 rings (SSSR count). The zero-order valence-electron chi connectivity index (χ0n) is 8.36. The summed E-state index contributed by atoms with van der Waals surface area (Å²) in [6.07, 6.45) is 0.868. The average molecular weight is 207 g/mol. The Bertz CT molecular complexity index is 315. The van der Waals surface area contributed by atoms with E-state index in [0.29, 0.717) is 0 Å². The molecule has 0 amide bonds. The van der Waals surface area contributed by atoms with Crippen LogP contribution in [0.25, 0.3) is 0 Å². The molecule has 0 spiro atoms. The molecule has 3 heteroatoms. The van der Waals surface area contributed by atoms with E-state index in [1.165, 1.54) is 0 Å². The van der Waals surface area contributed by atoms with Crippen LogP contribution >= 0.6 is 11.8 Å². The summed E-state index contributed by atoms with van der Waals surface area (Å²) in [6, 6.07) is 10.0. The second-order valence-corrected chi connectivity index (χ2v) is 4.10. The van der Waals surface area contributed by atoms with Crippen molar-refractivity contribution in [1.29, 1.82) is 5.26 Å². The van der Waals surface area contributed by atoms with Crippen molar-refractivity contribution in [2.45, 2.75) is 23.5 Å². The van der Waals surface area contributed by atoms with Gasteiger partial charge in [-0.3, -0.25) is 0 Å². The van der Waals surface area contributed by atoms with Crippen LogP contribution in [0.3, 0.4) is 0 Å². The number of methoxy groups -OCH3 is 1. The van der Waals surface area contributed by atoms with Crippen molar-refractivity contribution in [3.05, 3.63) is 24.3 Å². The van der Waals surface area contributed by atoms with Crippen molar-refractivity contribution in [1.82, 2.24) is 0 Å². The van der Waals surface area contributed by atoms with Gasteiger partial charge in [0.05, 0.1) is 18.4 Å². The first kappa shape index (κ1) is 10.9. The number of thioether (sulfide) groups is 1. The van der Waals surface area contributed by atoms with Gasteiger partial charge in [-0.05, 0) is 30.7 Å². The summed E-state index contributed by atoms with van der Waals surface area (Å²) < 4.78 is 5.05. The molecule has 0 bridgehead atoms. The molecule has 2 nitrogen and oxygen atoms in total. The van der Waals surface area contributed by atoms with Gasteiger partial charge in [0.1, 0.15) is 5.75 Å². The van der Waals surface area contributed by atoms with Gasteiger partial charge < -0.3 is 4.74 Å². The highest BCUT2D eigenvalue weighted by molar-refractivity contribution is 8.00. The number of hydrogen-bond donors (Lipinski definition) is 0. The maximum absolute atomic E-state index is 8.79. The number of benzene rings is 1. The molecule has 0 aliphatic carbocycles. The van der Waals surface area contributed by atoms with E-state index in [1.807, 2.05) is 31.2 Å². The Balaban J connectivity index is 2.64. The van der Waals surface area contributed by atoms with Crippen LogP contribution in [-0.4, -0.2) is 12.4 Å². The lowest BCUT2D eigenvalue weighted by Gasteiger charge is -2.06. The SMILES string of the molecule is CCC(C#N)Sc1ccc(OC)cc1. The molecular formula is C11H13NOS. The fourth-order valence-electron chi connectivity index (χ4n) is 1.02. The van der Waals surface area contributed by atoms with E-state index >= 15 is 0 Å². The van der Waals surface area contributed by atoms with Gasteiger partial charge in [-0.15, -0.1) is 11.8 Å². The molecule has 74 valence electrons. The fraction of sp³-hybridized carbons (Fsp3) is 0.364. The molecule has 14 heavy (non-hydrogen) atoms. The van der Waals surface area contributed by atoms with Gasteiger partial charge >= 0.3 is 0 Å². The largest absolute Gasteiger partial charge is 0.497 e. The first-order chi connectivity index (χ1) is 6.80. The maximum atomic E-state index is 8.79. The number of ether oxygens (including phenoxy) is 1. The molecule has 0 fully saturated rings. The second kappa shape index (κ2) is 5.56. The Labute approximate surface area is 88.9 Å². The summed E-state index contributed by atoms with van der Waals surface area (Å²) in [5.41, 5.74) is 0. The number of nitriles is 1. The third-order valence-corrected chi connectivity index (χ3v) is 3.12. The van der Waals surface area contributed by atoms with Crippen molar-refractivity contribution in [2.75, 3.05) is 7.11 Å². The third kappa shape index (κ3) is 2.97. The highest BCUT2D eigenvalue weighted by Gasteiger charge is 2.05. The molecule has 0 saturated carbocycles. The van der Waals surface area contributed by atoms with Crippen molar-refractivity contribution in [3.8, 4) is 11.8 Å². The maximum Gasteiger partial charge on any atom is 0.118 e. The summed E-state index contributed by atoms with van der Waals surface area (Å²) >= 11 is 1.59. The van der Waals surface area contributed by atoms with Gasteiger partial charge in [-0.1, -0.05) is 6.92 Å². The number of rotatable bonds is 4. The van der Waals surface area contributed by atoms with Crippen molar-refractivity contribution in [2.24, 2.45) is 0 Å². The van der Waals surface area contributed by atoms with Crippen molar-refractivity contribution < 1.29 is 4.74 Å². The van der Waals surface area contributed by atoms with E-state index in [-0.39, 0.29) is 5.25 Å². The molecule has 0 N–H and O–H groups in total. The Morgan fingerprint density at radius 1 is 1.43 bits per heavy atom. The lowest BCUT2D eigenvalue weighted by Crippen LogP contribution is -1.94. The normalized spacial score (nSPS) is 11.8. The van der Waals surface area contributed by atoms with Gasteiger partial charge in [0.25, 0.3) is 0 Å². The van der Waals surface area contributed by atoms with Crippen LogP contribution in [0.5, 0.6) is 5.75 Å². The molecule has 1 aromatic rings. The smallest absolute Gasteiger partial charge is 0.118 e. The molecule has 0 aromatic heterocycles. The van der Waals surface area contributed by atoms with E-state index in [2.05, 4.69) is 6.07 Å². The van der Waals surface area contributed by atoms with Crippen LogP contribution in [0.4, 0.5) is 0 Å². The zero-order valence-corrected chi connectivity index (χ0v) is 9.17. The van der Waals surface area contributed by atoms with Crippen molar-refractivity contribution >= 4 is 11.8 Å². The molecule has 1 atom stereocenters. The van der Waals surface area contributed by atoms with Crippen molar-refractivity contribution in [3.63, 3.8) is 0 Å². The van der Waals surface area contributed by atoms with E-state index in [1.54, 1.807) is 18.9 Å². The molecule has 0 heterocycles. The first-order valence-corrected chi connectivity index (χ1v) is 5.38. The zero-order chi connectivity index (χ0) is 10.4. The van der Waals surface area contributed by atoms with E-state index in [9.17, 15) is 0 Å². The van der Waals surface area contributed by atoms with Crippen LogP contribution in [0, 0.1) is 11.3 Å². The van der Waals surface area contributed by atoms with Crippen LogP contribution < -0.4 is 4.74 Å². The number of nitrogens with zero attached hydrogens (tertiary/aromatic N) is 1.